The van der Waals surface area contributed by atoms with Crippen LogP contribution in [0, 0.1) is 0 Å². The Morgan fingerprint density at radius 2 is 1.88 bits per heavy atom. The minimum absolute atomic E-state index is 0.190. The van der Waals surface area contributed by atoms with Crippen LogP contribution < -0.4 is 9.47 Å². The highest BCUT2D eigenvalue weighted by atomic mass is 16.8. The minimum Gasteiger partial charge on any atom is -0.475 e. The average Bonchev–Trinajstić information content (AvgIpc) is 2.30. The van der Waals surface area contributed by atoms with E-state index in [1.54, 1.807) is 12.3 Å². The number of hydrogen-bond acceptors (Lipinski definition) is 7. The lowest BCUT2D eigenvalue weighted by molar-refractivity contribution is -0.266. The number of nitrogens with zero attached hydrogens (tertiary/aromatic N) is 2. The molecule has 1 aromatic heterocycles. The fraction of sp³-hybridized carbons (Fsp3) is 0.556. The zero-order valence-corrected chi connectivity index (χ0v) is 8.54. The molecule has 0 spiro atoms. The maximum atomic E-state index is 9.17. The van der Waals surface area contributed by atoms with Gasteiger partial charge in [-0.25, -0.2) is 4.98 Å². The first-order chi connectivity index (χ1) is 7.84. The van der Waals surface area contributed by atoms with E-state index in [2.05, 4.69) is 9.97 Å². The van der Waals surface area contributed by atoms with Gasteiger partial charge in [-0.1, -0.05) is 0 Å². The minimum atomic E-state index is -1.26. The quantitative estimate of drug-likeness (QED) is 0.644. The fourth-order valence-corrected chi connectivity index (χ4v) is 1.10. The maximum absolute atomic E-state index is 9.17. The molecule has 1 atom stereocenters. The third-order valence-corrected chi connectivity index (χ3v) is 1.78. The van der Waals surface area contributed by atoms with E-state index in [1.165, 1.54) is 0 Å². The van der Waals surface area contributed by atoms with Gasteiger partial charge in [0, 0.05) is 12.3 Å². The molecule has 7 nitrogen and oxygen atoms in total. The summed E-state index contributed by atoms with van der Waals surface area (Å²) < 4.78 is 20.2. The molecular weight excluding hydrogens is 216 g/mol. The molecule has 2 bridgehead atoms. The van der Waals surface area contributed by atoms with Crippen molar-refractivity contribution in [3.63, 3.8) is 0 Å². The molecule has 7 heteroatoms. The zero-order valence-electron chi connectivity index (χ0n) is 8.54. The first-order valence-corrected chi connectivity index (χ1v) is 4.84. The summed E-state index contributed by atoms with van der Waals surface area (Å²) in [5.41, 5.74) is 0. The summed E-state index contributed by atoms with van der Waals surface area (Å²) in [6, 6.07) is 1.84. The molecular formula is C9H12N2O5. The van der Waals surface area contributed by atoms with Crippen molar-refractivity contribution in [3.8, 4) is 11.9 Å². The highest BCUT2D eigenvalue weighted by Gasteiger charge is 2.07. The molecule has 1 aliphatic heterocycles. The standard InChI is InChI=1S/C9H12N2O5/c12-9-15-5-3-13-7-1-2-10-8(11-7)14-4-6-16-9/h1-2,9,12H,3-6H2/t9-/m1/s1. The third kappa shape index (κ3) is 3.30. The predicted molar refractivity (Wildman–Crippen MR) is 50.9 cm³/mol. The Morgan fingerprint density at radius 3 is 2.69 bits per heavy atom. The van der Waals surface area contributed by atoms with Crippen molar-refractivity contribution >= 4 is 0 Å². The molecule has 0 radical (unpaired) electrons. The average molecular weight is 228 g/mol. The number of aliphatic hydroxyl groups is 1. The summed E-state index contributed by atoms with van der Waals surface area (Å²) in [4.78, 5) is 7.89. The van der Waals surface area contributed by atoms with Crippen LogP contribution in [0.15, 0.2) is 12.3 Å². The molecule has 1 N–H and O–H groups in total. The number of fused-ring (bicyclic) bond motifs is 2. The van der Waals surface area contributed by atoms with Crippen LogP contribution in [0.25, 0.3) is 0 Å². The topological polar surface area (TPSA) is 82.9 Å². The first kappa shape index (κ1) is 11.1. The van der Waals surface area contributed by atoms with Crippen molar-refractivity contribution in [2.75, 3.05) is 26.4 Å². The van der Waals surface area contributed by atoms with E-state index in [9.17, 15) is 0 Å². The molecule has 88 valence electrons. The third-order valence-electron chi connectivity index (χ3n) is 1.78. The van der Waals surface area contributed by atoms with Gasteiger partial charge in [-0.05, 0) is 0 Å². The van der Waals surface area contributed by atoms with Gasteiger partial charge in [0.05, 0.1) is 13.2 Å². The lowest BCUT2D eigenvalue weighted by Gasteiger charge is -2.14. The van der Waals surface area contributed by atoms with Crippen molar-refractivity contribution in [1.82, 2.24) is 9.97 Å². The van der Waals surface area contributed by atoms with E-state index in [-0.39, 0.29) is 32.4 Å². The molecule has 1 aliphatic rings. The lowest BCUT2D eigenvalue weighted by atomic mass is 10.6. The molecule has 2 heterocycles. The summed E-state index contributed by atoms with van der Waals surface area (Å²) in [5, 5.41) is 9.17. The summed E-state index contributed by atoms with van der Waals surface area (Å²) in [5.74, 6) is 0.407. The summed E-state index contributed by atoms with van der Waals surface area (Å²) in [6.45, 7) is -0.372. The van der Waals surface area contributed by atoms with Crippen LogP contribution in [0.4, 0.5) is 0 Å². The SMILES string of the molecule is O[C@@H]1OCCOc2ccnc(n2)OCCO1. The van der Waals surface area contributed by atoms with Gasteiger partial charge >= 0.3 is 6.01 Å². The van der Waals surface area contributed by atoms with Crippen LogP contribution >= 0.6 is 0 Å². The highest BCUT2D eigenvalue weighted by Crippen LogP contribution is 2.10. The second-order valence-electron chi connectivity index (χ2n) is 2.92. The smallest absolute Gasteiger partial charge is 0.319 e. The van der Waals surface area contributed by atoms with Gasteiger partial charge in [-0.3, -0.25) is 0 Å². The molecule has 0 saturated heterocycles. The van der Waals surface area contributed by atoms with Crippen LogP contribution in [-0.4, -0.2) is 48.0 Å². The summed E-state index contributed by atoms with van der Waals surface area (Å²) in [6.07, 6.45) is 1.54. The van der Waals surface area contributed by atoms with Gasteiger partial charge in [-0.2, -0.15) is 4.98 Å². The molecule has 0 aliphatic carbocycles. The van der Waals surface area contributed by atoms with Crippen LogP contribution in [0.3, 0.4) is 0 Å². The monoisotopic (exact) mass is 228 g/mol. The number of aliphatic hydroxyl groups excluding tert-OH is 1. The Kier molecular flexibility index (Phi) is 3.86. The molecule has 0 unspecified atom stereocenters. The van der Waals surface area contributed by atoms with E-state index >= 15 is 0 Å². The van der Waals surface area contributed by atoms with Crippen molar-refractivity contribution in [2.45, 2.75) is 6.48 Å². The van der Waals surface area contributed by atoms with Crippen LogP contribution in [0.2, 0.25) is 0 Å². The normalized spacial score (nSPS) is 22.2. The van der Waals surface area contributed by atoms with Gasteiger partial charge in [0.15, 0.2) is 0 Å². The van der Waals surface area contributed by atoms with Gasteiger partial charge in [0.1, 0.15) is 13.2 Å². The Balaban J connectivity index is 2.00. The summed E-state index contributed by atoms with van der Waals surface area (Å²) in [7, 11) is 0. The zero-order chi connectivity index (χ0) is 11.2. The van der Waals surface area contributed by atoms with Gasteiger partial charge < -0.3 is 24.1 Å². The molecule has 0 saturated carbocycles. The van der Waals surface area contributed by atoms with Crippen molar-refractivity contribution < 1.29 is 24.1 Å². The molecule has 16 heavy (non-hydrogen) atoms. The maximum Gasteiger partial charge on any atom is 0.319 e. The van der Waals surface area contributed by atoms with Crippen molar-refractivity contribution in [1.29, 1.82) is 0 Å². The molecule has 1 aromatic rings. The van der Waals surface area contributed by atoms with Crippen molar-refractivity contribution in [2.24, 2.45) is 0 Å². The Hall–Kier alpha value is -1.44. The van der Waals surface area contributed by atoms with Gasteiger partial charge in [0.25, 0.3) is 6.48 Å². The lowest BCUT2D eigenvalue weighted by Crippen LogP contribution is -2.23. The van der Waals surface area contributed by atoms with Crippen LogP contribution in [-0.2, 0) is 9.47 Å². The Morgan fingerprint density at radius 1 is 1.12 bits per heavy atom. The Bertz CT molecular complexity index is 308. The first-order valence-electron chi connectivity index (χ1n) is 4.84. The van der Waals surface area contributed by atoms with Gasteiger partial charge in [0.2, 0.25) is 5.88 Å². The molecule has 0 aromatic carbocycles. The fourth-order valence-electron chi connectivity index (χ4n) is 1.10. The second kappa shape index (κ2) is 5.59. The van der Waals surface area contributed by atoms with E-state index in [4.69, 9.17) is 24.1 Å². The molecule has 0 amide bonds. The van der Waals surface area contributed by atoms with E-state index in [0.717, 1.165) is 0 Å². The molecule has 0 fully saturated rings. The number of hydrogen-bond donors (Lipinski definition) is 1. The number of rotatable bonds is 0. The van der Waals surface area contributed by atoms with E-state index < -0.39 is 6.48 Å². The van der Waals surface area contributed by atoms with Crippen LogP contribution in [0.1, 0.15) is 0 Å². The summed E-state index contributed by atoms with van der Waals surface area (Å²) >= 11 is 0. The Labute approximate surface area is 91.9 Å². The van der Waals surface area contributed by atoms with E-state index in [0.29, 0.717) is 5.88 Å². The number of ether oxygens (including phenoxy) is 4. The largest absolute Gasteiger partial charge is 0.475 e. The van der Waals surface area contributed by atoms with E-state index in [1.807, 2.05) is 0 Å². The van der Waals surface area contributed by atoms with Crippen LogP contribution in [0.5, 0.6) is 11.9 Å². The van der Waals surface area contributed by atoms with Crippen molar-refractivity contribution in [3.05, 3.63) is 12.3 Å². The number of aromatic nitrogens is 2. The molecule has 2 rings (SSSR count). The van der Waals surface area contributed by atoms with Gasteiger partial charge in [-0.15, -0.1) is 0 Å². The predicted octanol–water partition coefficient (Wildman–Crippen LogP) is -0.443. The second-order valence-corrected chi connectivity index (χ2v) is 2.92. The highest BCUT2D eigenvalue weighted by molar-refractivity contribution is 5.10.